The van der Waals surface area contributed by atoms with E-state index in [4.69, 9.17) is 4.74 Å². The predicted molar refractivity (Wildman–Crippen MR) is 117 cm³/mol. The first kappa shape index (κ1) is 22.3. The van der Waals surface area contributed by atoms with Gasteiger partial charge in [-0.1, -0.05) is 30.7 Å². The number of nitrogens with zero attached hydrogens (tertiary/aromatic N) is 1. The van der Waals surface area contributed by atoms with Crippen LogP contribution in [0, 0.1) is 13.8 Å². The van der Waals surface area contributed by atoms with Crippen molar-refractivity contribution >= 4 is 15.9 Å². The fourth-order valence-electron chi connectivity index (χ4n) is 3.54. The van der Waals surface area contributed by atoms with E-state index in [2.05, 4.69) is 5.32 Å². The summed E-state index contributed by atoms with van der Waals surface area (Å²) in [5, 5.41) is 2.91. The Hall–Kier alpha value is -2.38. The molecular weight excluding hydrogens is 400 g/mol. The number of hydrogen-bond acceptors (Lipinski definition) is 4. The Bertz CT molecular complexity index is 998. The van der Waals surface area contributed by atoms with Crippen molar-refractivity contribution in [3.63, 3.8) is 0 Å². The van der Waals surface area contributed by atoms with E-state index in [1.807, 2.05) is 38.1 Å². The first-order chi connectivity index (χ1) is 14.3. The standard InChI is InChI=1S/C23H30N2O4S/c1-17-11-12-20(30(27,28)25-13-7-4-8-14-25)15-21(17)23(26)24-19(3)16-29-22-10-6-5-9-18(22)2/h5-6,9-12,15,19H,4,7-8,13-14,16H2,1-3H3,(H,24,26). The van der Waals surface area contributed by atoms with Crippen LogP contribution in [-0.2, 0) is 10.0 Å². The van der Waals surface area contributed by atoms with Gasteiger partial charge in [-0.2, -0.15) is 4.31 Å². The molecule has 0 radical (unpaired) electrons. The van der Waals surface area contributed by atoms with Gasteiger partial charge in [0, 0.05) is 18.7 Å². The van der Waals surface area contributed by atoms with Crippen molar-refractivity contribution in [3.8, 4) is 5.75 Å². The highest BCUT2D eigenvalue weighted by Gasteiger charge is 2.27. The zero-order valence-electron chi connectivity index (χ0n) is 17.8. The molecule has 0 bridgehead atoms. The van der Waals surface area contributed by atoms with Gasteiger partial charge in [-0.15, -0.1) is 0 Å². The molecule has 30 heavy (non-hydrogen) atoms. The third-order valence-corrected chi connectivity index (χ3v) is 7.26. The number of benzene rings is 2. The third-order valence-electron chi connectivity index (χ3n) is 5.37. The average molecular weight is 431 g/mol. The molecule has 2 aromatic carbocycles. The van der Waals surface area contributed by atoms with Crippen molar-refractivity contribution in [2.75, 3.05) is 19.7 Å². The van der Waals surface area contributed by atoms with Gasteiger partial charge in [0.1, 0.15) is 12.4 Å². The van der Waals surface area contributed by atoms with Gasteiger partial charge in [0.05, 0.1) is 10.9 Å². The summed E-state index contributed by atoms with van der Waals surface area (Å²) >= 11 is 0. The van der Waals surface area contributed by atoms with E-state index in [9.17, 15) is 13.2 Å². The molecule has 6 nitrogen and oxygen atoms in total. The number of hydrogen-bond donors (Lipinski definition) is 1. The maximum absolute atomic E-state index is 13.0. The van der Waals surface area contributed by atoms with Crippen LogP contribution in [0.3, 0.4) is 0 Å². The highest BCUT2D eigenvalue weighted by atomic mass is 32.2. The number of rotatable bonds is 7. The number of aryl methyl sites for hydroxylation is 2. The summed E-state index contributed by atoms with van der Waals surface area (Å²) in [4.78, 5) is 13.0. The monoisotopic (exact) mass is 430 g/mol. The Morgan fingerprint density at radius 2 is 1.77 bits per heavy atom. The predicted octanol–water partition coefficient (Wildman–Crippen LogP) is 3.68. The molecule has 0 aromatic heterocycles. The van der Waals surface area contributed by atoms with E-state index in [0.29, 0.717) is 25.3 Å². The van der Waals surface area contributed by atoms with Crippen LogP contribution >= 0.6 is 0 Å². The molecule has 7 heteroatoms. The molecule has 2 aromatic rings. The van der Waals surface area contributed by atoms with Crippen LogP contribution in [0.5, 0.6) is 5.75 Å². The topological polar surface area (TPSA) is 75.7 Å². The number of ether oxygens (including phenoxy) is 1. The first-order valence-electron chi connectivity index (χ1n) is 10.4. The summed E-state index contributed by atoms with van der Waals surface area (Å²) in [6.45, 7) is 7.02. The van der Waals surface area contributed by atoms with Gasteiger partial charge >= 0.3 is 0 Å². The molecule has 1 N–H and O–H groups in total. The molecule has 1 amide bonds. The fraction of sp³-hybridized carbons (Fsp3) is 0.435. The number of sulfonamides is 1. The fourth-order valence-corrected chi connectivity index (χ4v) is 5.08. The van der Waals surface area contributed by atoms with Crippen LogP contribution in [0.1, 0.15) is 47.7 Å². The molecule has 1 atom stereocenters. The molecule has 0 aliphatic carbocycles. The SMILES string of the molecule is Cc1ccccc1OCC(C)NC(=O)c1cc(S(=O)(=O)N2CCCCC2)ccc1C. The van der Waals surface area contributed by atoms with Crippen LogP contribution in [0.4, 0.5) is 0 Å². The number of para-hydroxylation sites is 1. The largest absolute Gasteiger partial charge is 0.491 e. The maximum Gasteiger partial charge on any atom is 0.251 e. The van der Waals surface area contributed by atoms with Crippen molar-refractivity contribution in [1.29, 1.82) is 0 Å². The summed E-state index contributed by atoms with van der Waals surface area (Å²) in [6.07, 6.45) is 2.80. The van der Waals surface area contributed by atoms with Gasteiger partial charge in [-0.25, -0.2) is 8.42 Å². The lowest BCUT2D eigenvalue weighted by molar-refractivity contribution is 0.0925. The van der Waals surface area contributed by atoms with Crippen LogP contribution in [-0.4, -0.2) is 44.4 Å². The van der Waals surface area contributed by atoms with E-state index in [1.165, 1.54) is 10.4 Å². The lowest BCUT2D eigenvalue weighted by atomic mass is 10.1. The van der Waals surface area contributed by atoms with E-state index in [-0.39, 0.29) is 16.8 Å². The van der Waals surface area contributed by atoms with Gasteiger partial charge in [-0.05, 0) is 62.9 Å². The normalized spacial score (nSPS) is 16.1. The van der Waals surface area contributed by atoms with Crippen LogP contribution < -0.4 is 10.1 Å². The molecule has 1 fully saturated rings. The molecule has 3 rings (SSSR count). The minimum absolute atomic E-state index is 0.170. The lowest BCUT2D eigenvalue weighted by Gasteiger charge is -2.26. The van der Waals surface area contributed by atoms with Crippen LogP contribution in [0.15, 0.2) is 47.4 Å². The Kier molecular flexibility index (Phi) is 7.15. The quantitative estimate of drug-likeness (QED) is 0.727. The summed E-state index contributed by atoms with van der Waals surface area (Å²) in [5.74, 6) is 0.480. The minimum atomic E-state index is -3.59. The van der Waals surface area contributed by atoms with Crippen molar-refractivity contribution in [1.82, 2.24) is 9.62 Å². The number of nitrogens with one attached hydrogen (secondary N) is 1. The summed E-state index contributed by atoms with van der Waals surface area (Å²) in [5.41, 5.74) is 2.13. The Morgan fingerprint density at radius 3 is 2.47 bits per heavy atom. The maximum atomic E-state index is 13.0. The van der Waals surface area contributed by atoms with Gasteiger partial charge in [0.2, 0.25) is 10.0 Å². The second-order valence-electron chi connectivity index (χ2n) is 7.89. The Labute approximate surface area is 179 Å². The number of carbonyl (C=O) groups is 1. The van der Waals surface area contributed by atoms with Crippen LogP contribution in [0.2, 0.25) is 0 Å². The highest BCUT2D eigenvalue weighted by Crippen LogP contribution is 2.23. The lowest BCUT2D eigenvalue weighted by Crippen LogP contribution is -2.38. The minimum Gasteiger partial charge on any atom is -0.491 e. The van der Waals surface area contributed by atoms with E-state index >= 15 is 0 Å². The summed E-state index contributed by atoms with van der Waals surface area (Å²) in [6, 6.07) is 12.2. The molecule has 1 unspecified atom stereocenters. The molecular formula is C23H30N2O4S. The Balaban J connectivity index is 1.69. The second kappa shape index (κ2) is 9.62. The molecule has 1 saturated heterocycles. The zero-order chi connectivity index (χ0) is 21.7. The summed E-state index contributed by atoms with van der Waals surface area (Å²) < 4.78 is 33.2. The number of amides is 1. The second-order valence-corrected chi connectivity index (χ2v) is 9.83. The zero-order valence-corrected chi connectivity index (χ0v) is 18.7. The van der Waals surface area contributed by atoms with Gasteiger partial charge in [0.25, 0.3) is 5.91 Å². The van der Waals surface area contributed by atoms with E-state index < -0.39 is 10.0 Å². The molecule has 0 saturated carbocycles. The smallest absolute Gasteiger partial charge is 0.251 e. The highest BCUT2D eigenvalue weighted by molar-refractivity contribution is 7.89. The molecule has 1 heterocycles. The number of carbonyl (C=O) groups excluding carboxylic acids is 1. The van der Waals surface area contributed by atoms with Crippen molar-refractivity contribution in [3.05, 3.63) is 59.2 Å². The van der Waals surface area contributed by atoms with E-state index in [1.54, 1.807) is 19.1 Å². The molecule has 0 spiro atoms. The van der Waals surface area contributed by atoms with E-state index in [0.717, 1.165) is 36.1 Å². The van der Waals surface area contributed by atoms with Gasteiger partial charge in [-0.3, -0.25) is 4.79 Å². The Morgan fingerprint density at radius 1 is 1.07 bits per heavy atom. The average Bonchev–Trinajstić information content (AvgIpc) is 2.74. The molecule has 1 aliphatic rings. The van der Waals surface area contributed by atoms with Gasteiger partial charge in [0.15, 0.2) is 0 Å². The third kappa shape index (κ3) is 5.21. The van der Waals surface area contributed by atoms with Crippen molar-refractivity contribution in [2.24, 2.45) is 0 Å². The van der Waals surface area contributed by atoms with Gasteiger partial charge < -0.3 is 10.1 Å². The van der Waals surface area contributed by atoms with Crippen molar-refractivity contribution in [2.45, 2.75) is 51.0 Å². The molecule has 162 valence electrons. The van der Waals surface area contributed by atoms with Crippen molar-refractivity contribution < 1.29 is 17.9 Å². The van der Waals surface area contributed by atoms with Crippen LogP contribution in [0.25, 0.3) is 0 Å². The molecule has 1 aliphatic heterocycles. The first-order valence-corrected chi connectivity index (χ1v) is 11.8. The number of piperidine rings is 1. The summed E-state index contributed by atoms with van der Waals surface area (Å²) in [7, 11) is -3.59.